The second kappa shape index (κ2) is 9.45. The molecule has 1 rings (SSSR count). The number of halogens is 2. The van der Waals surface area contributed by atoms with Crippen LogP contribution < -0.4 is 10.1 Å². The summed E-state index contributed by atoms with van der Waals surface area (Å²) in [5, 5.41) is 4.42. The van der Waals surface area contributed by atoms with Crippen LogP contribution in [0.2, 0.25) is 10.0 Å². The molecule has 0 atom stereocenters. The van der Waals surface area contributed by atoms with E-state index in [1.807, 2.05) is 6.92 Å². The molecule has 0 saturated heterocycles. The quantitative estimate of drug-likeness (QED) is 0.708. The Bertz CT molecular complexity index is 348. The maximum Gasteiger partial charge on any atom is 0.138 e. The molecule has 1 N–H and O–H groups in total. The highest BCUT2D eigenvalue weighted by Crippen LogP contribution is 2.27. The second-order valence-electron chi connectivity index (χ2n) is 3.72. The van der Waals surface area contributed by atoms with Gasteiger partial charge in [-0.05, 0) is 38.1 Å². The van der Waals surface area contributed by atoms with Crippen LogP contribution in [0, 0.1) is 0 Å². The first-order chi connectivity index (χ1) is 8.74. The Balaban J connectivity index is 2.07. The summed E-state index contributed by atoms with van der Waals surface area (Å²) in [6, 6.07) is 5.21. The summed E-state index contributed by atoms with van der Waals surface area (Å²) in [7, 11) is 0. The van der Waals surface area contributed by atoms with Crippen LogP contribution in [0.25, 0.3) is 0 Å². The highest BCUT2D eigenvalue weighted by atomic mass is 35.5. The van der Waals surface area contributed by atoms with Crippen molar-refractivity contribution in [3.05, 3.63) is 28.2 Å². The Morgan fingerprint density at radius 2 is 2.00 bits per heavy atom. The predicted octanol–water partition coefficient (Wildman–Crippen LogP) is 3.39. The molecule has 102 valence electrons. The van der Waals surface area contributed by atoms with Gasteiger partial charge in [0.25, 0.3) is 0 Å². The number of benzene rings is 1. The van der Waals surface area contributed by atoms with Crippen LogP contribution in [0.15, 0.2) is 18.2 Å². The first-order valence-corrected chi connectivity index (χ1v) is 6.86. The van der Waals surface area contributed by atoms with Crippen LogP contribution in [0.3, 0.4) is 0 Å². The van der Waals surface area contributed by atoms with Gasteiger partial charge >= 0.3 is 0 Å². The van der Waals surface area contributed by atoms with Crippen molar-refractivity contribution in [2.24, 2.45) is 0 Å². The number of rotatable bonds is 9. The lowest BCUT2D eigenvalue weighted by atomic mass is 10.3. The van der Waals surface area contributed by atoms with E-state index in [0.717, 1.165) is 32.7 Å². The molecule has 1 aromatic carbocycles. The number of hydrogen-bond acceptors (Lipinski definition) is 3. The molecule has 18 heavy (non-hydrogen) atoms. The highest BCUT2D eigenvalue weighted by molar-refractivity contribution is 6.35. The fourth-order valence-electron chi connectivity index (χ4n) is 1.39. The van der Waals surface area contributed by atoms with E-state index < -0.39 is 0 Å². The van der Waals surface area contributed by atoms with Crippen molar-refractivity contribution in [2.45, 2.75) is 13.3 Å². The van der Waals surface area contributed by atoms with E-state index in [0.29, 0.717) is 22.4 Å². The minimum atomic E-state index is 0.541. The molecule has 0 aromatic heterocycles. The summed E-state index contributed by atoms with van der Waals surface area (Å²) in [6.45, 7) is 5.86. The lowest BCUT2D eigenvalue weighted by Gasteiger charge is -2.09. The molecule has 1 aromatic rings. The van der Waals surface area contributed by atoms with Crippen molar-refractivity contribution >= 4 is 23.2 Å². The maximum atomic E-state index is 5.98. The van der Waals surface area contributed by atoms with Crippen molar-refractivity contribution in [2.75, 3.05) is 32.9 Å². The van der Waals surface area contributed by atoms with Crippen molar-refractivity contribution in [1.29, 1.82) is 0 Å². The van der Waals surface area contributed by atoms with E-state index >= 15 is 0 Å². The van der Waals surface area contributed by atoms with Gasteiger partial charge in [0.05, 0.1) is 5.02 Å². The highest BCUT2D eigenvalue weighted by Gasteiger charge is 2.01. The minimum Gasteiger partial charge on any atom is -0.491 e. The molecule has 3 nitrogen and oxygen atoms in total. The molecule has 0 radical (unpaired) electrons. The molecule has 0 spiro atoms. The average molecular weight is 292 g/mol. The molecule has 0 amide bonds. The predicted molar refractivity (Wildman–Crippen MR) is 75.9 cm³/mol. The van der Waals surface area contributed by atoms with Gasteiger partial charge in [0.15, 0.2) is 0 Å². The fourth-order valence-corrected chi connectivity index (χ4v) is 1.86. The SMILES string of the molecule is CCOCCCNCCOc1ccc(Cl)cc1Cl. The average Bonchev–Trinajstić information content (AvgIpc) is 2.35. The van der Waals surface area contributed by atoms with Gasteiger partial charge in [-0.3, -0.25) is 0 Å². The summed E-state index contributed by atoms with van der Waals surface area (Å²) in [4.78, 5) is 0. The van der Waals surface area contributed by atoms with E-state index in [1.54, 1.807) is 18.2 Å². The molecular formula is C13H19Cl2NO2. The maximum absolute atomic E-state index is 5.98. The van der Waals surface area contributed by atoms with Crippen molar-refractivity contribution in [3.8, 4) is 5.75 Å². The Labute approximate surface area is 118 Å². The molecule has 0 heterocycles. The summed E-state index contributed by atoms with van der Waals surface area (Å²) in [5.41, 5.74) is 0. The summed E-state index contributed by atoms with van der Waals surface area (Å²) >= 11 is 11.8. The van der Waals surface area contributed by atoms with E-state index in [9.17, 15) is 0 Å². The largest absolute Gasteiger partial charge is 0.491 e. The first kappa shape index (κ1) is 15.6. The van der Waals surface area contributed by atoms with Crippen LogP contribution in [0.5, 0.6) is 5.75 Å². The topological polar surface area (TPSA) is 30.5 Å². The number of nitrogens with one attached hydrogen (secondary N) is 1. The van der Waals surface area contributed by atoms with Gasteiger partial charge in [0.2, 0.25) is 0 Å². The van der Waals surface area contributed by atoms with Gasteiger partial charge in [-0.1, -0.05) is 23.2 Å². The standard InChI is InChI=1S/C13H19Cl2NO2/c1-2-17-8-3-6-16-7-9-18-13-5-4-11(14)10-12(13)15/h4-5,10,16H,2-3,6-9H2,1H3. The van der Waals surface area contributed by atoms with Gasteiger partial charge in [-0.25, -0.2) is 0 Å². The third-order valence-corrected chi connectivity index (χ3v) is 2.81. The van der Waals surface area contributed by atoms with Gasteiger partial charge in [-0.2, -0.15) is 0 Å². The molecule has 0 fully saturated rings. The molecule has 0 aliphatic rings. The van der Waals surface area contributed by atoms with E-state index in [2.05, 4.69) is 5.32 Å². The van der Waals surface area contributed by atoms with Crippen molar-refractivity contribution in [3.63, 3.8) is 0 Å². The summed E-state index contributed by atoms with van der Waals surface area (Å²) < 4.78 is 10.8. The first-order valence-electron chi connectivity index (χ1n) is 6.10. The Kier molecular flexibility index (Phi) is 8.18. The zero-order valence-electron chi connectivity index (χ0n) is 10.5. The molecule has 0 bridgehead atoms. The van der Waals surface area contributed by atoms with Crippen LogP contribution >= 0.6 is 23.2 Å². The van der Waals surface area contributed by atoms with Crippen LogP contribution in [0.4, 0.5) is 0 Å². The minimum absolute atomic E-state index is 0.541. The van der Waals surface area contributed by atoms with Crippen LogP contribution in [0.1, 0.15) is 13.3 Å². The van der Waals surface area contributed by atoms with E-state index in [-0.39, 0.29) is 0 Å². The van der Waals surface area contributed by atoms with Gasteiger partial charge in [-0.15, -0.1) is 0 Å². The van der Waals surface area contributed by atoms with Crippen LogP contribution in [-0.4, -0.2) is 32.9 Å². The molecule has 0 aliphatic heterocycles. The van der Waals surface area contributed by atoms with E-state index in [4.69, 9.17) is 32.7 Å². The third-order valence-electron chi connectivity index (χ3n) is 2.28. The zero-order valence-corrected chi connectivity index (χ0v) is 12.1. The lowest BCUT2D eigenvalue weighted by Crippen LogP contribution is -2.23. The Hall–Kier alpha value is -0.480. The smallest absolute Gasteiger partial charge is 0.138 e. The summed E-state index contributed by atoms with van der Waals surface area (Å²) in [5.74, 6) is 0.664. The van der Waals surface area contributed by atoms with Crippen LogP contribution in [-0.2, 0) is 4.74 Å². The Morgan fingerprint density at radius 3 is 2.72 bits per heavy atom. The van der Waals surface area contributed by atoms with Gasteiger partial charge < -0.3 is 14.8 Å². The monoisotopic (exact) mass is 291 g/mol. The zero-order chi connectivity index (χ0) is 13.2. The number of ether oxygens (including phenoxy) is 2. The van der Waals surface area contributed by atoms with Crippen molar-refractivity contribution in [1.82, 2.24) is 5.32 Å². The fraction of sp³-hybridized carbons (Fsp3) is 0.538. The van der Waals surface area contributed by atoms with E-state index in [1.165, 1.54) is 0 Å². The molecule has 0 aliphatic carbocycles. The van der Waals surface area contributed by atoms with Gasteiger partial charge in [0.1, 0.15) is 12.4 Å². The van der Waals surface area contributed by atoms with Crippen molar-refractivity contribution < 1.29 is 9.47 Å². The molecular weight excluding hydrogens is 273 g/mol. The molecule has 0 saturated carbocycles. The number of hydrogen-bond donors (Lipinski definition) is 1. The lowest BCUT2D eigenvalue weighted by molar-refractivity contribution is 0.144. The van der Waals surface area contributed by atoms with Gasteiger partial charge in [0, 0.05) is 24.8 Å². The summed E-state index contributed by atoms with van der Waals surface area (Å²) in [6.07, 6.45) is 1.01. The molecule has 0 unspecified atom stereocenters. The molecule has 5 heteroatoms. The third kappa shape index (κ3) is 6.45. The second-order valence-corrected chi connectivity index (χ2v) is 4.57. The normalized spacial score (nSPS) is 10.6. The Morgan fingerprint density at radius 1 is 1.17 bits per heavy atom.